The molecule has 0 aliphatic carbocycles. The van der Waals surface area contributed by atoms with E-state index < -0.39 is 16.6 Å². The molecule has 2 aromatic rings. The van der Waals surface area contributed by atoms with Gasteiger partial charge in [-0.3, -0.25) is 4.79 Å². The van der Waals surface area contributed by atoms with E-state index in [0.717, 1.165) is 24.8 Å². The highest BCUT2D eigenvalue weighted by Crippen LogP contribution is 2.26. The number of benzene rings is 2. The van der Waals surface area contributed by atoms with Crippen molar-refractivity contribution < 1.29 is 26.7 Å². The van der Waals surface area contributed by atoms with Crippen LogP contribution in [0.2, 0.25) is 0 Å². The third-order valence-corrected chi connectivity index (χ3v) is 6.81. The van der Waals surface area contributed by atoms with Gasteiger partial charge in [-0.2, -0.15) is 13.1 Å². The molecule has 1 amide bonds. The number of para-hydroxylation sites is 2. The van der Waals surface area contributed by atoms with Crippen molar-refractivity contribution in [2.75, 3.05) is 18.4 Å². The number of aryl methyl sites for hydroxylation is 1. The molecule has 0 bridgehead atoms. The molecule has 0 radical (unpaired) electrons. The Kier molecular flexibility index (Phi) is 7.38. The monoisotopic (exact) mass is 438 g/mol. The Morgan fingerprint density at radius 2 is 1.70 bits per heavy atom. The van der Waals surface area contributed by atoms with E-state index in [1.807, 2.05) is 0 Å². The van der Waals surface area contributed by atoms with Crippen LogP contribution in [-0.4, -0.2) is 38.3 Å². The van der Waals surface area contributed by atoms with Crippen LogP contribution >= 0.6 is 0 Å². The summed E-state index contributed by atoms with van der Waals surface area (Å²) in [7, 11) is -3.49. The Labute approximate surface area is 174 Å². The minimum absolute atomic E-state index is 0.104. The van der Waals surface area contributed by atoms with Crippen molar-refractivity contribution in [2.45, 2.75) is 43.6 Å². The van der Waals surface area contributed by atoms with Crippen LogP contribution in [0.25, 0.3) is 0 Å². The molecule has 0 spiro atoms. The van der Waals surface area contributed by atoms with Gasteiger partial charge in [0.25, 0.3) is 0 Å². The number of carbonyl (C=O) groups is 1. The standard InChI is InChI=1S/C21H24F2N2O4S/c22-21(23)29-19-7-3-2-6-18(19)24-20(26)13-10-16-8-11-17(12-9-16)30(27,28)25-14-4-1-5-15-25/h2-3,6-9,11-12,21H,1,4-5,10,13-15H2,(H,24,26). The summed E-state index contributed by atoms with van der Waals surface area (Å²) in [6, 6.07) is 12.5. The van der Waals surface area contributed by atoms with Gasteiger partial charge in [0.05, 0.1) is 10.6 Å². The number of sulfonamides is 1. The van der Waals surface area contributed by atoms with Crippen LogP contribution in [0.15, 0.2) is 53.4 Å². The number of hydrogen-bond donors (Lipinski definition) is 1. The minimum atomic E-state index is -3.49. The maximum absolute atomic E-state index is 12.7. The second-order valence-corrected chi connectivity index (χ2v) is 8.97. The van der Waals surface area contributed by atoms with E-state index in [9.17, 15) is 22.0 Å². The summed E-state index contributed by atoms with van der Waals surface area (Å²) in [6.07, 6.45) is 3.29. The van der Waals surface area contributed by atoms with E-state index in [-0.39, 0.29) is 28.7 Å². The number of halogens is 2. The van der Waals surface area contributed by atoms with Gasteiger partial charge < -0.3 is 10.1 Å². The van der Waals surface area contributed by atoms with Crippen molar-refractivity contribution >= 4 is 21.6 Å². The molecule has 1 fully saturated rings. The van der Waals surface area contributed by atoms with E-state index in [1.54, 1.807) is 30.3 Å². The molecule has 6 nitrogen and oxygen atoms in total. The quantitative estimate of drug-likeness (QED) is 0.675. The van der Waals surface area contributed by atoms with Crippen LogP contribution < -0.4 is 10.1 Å². The number of anilines is 1. The number of nitrogens with one attached hydrogen (secondary N) is 1. The van der Waals surface area contributed by atoms with Gasteiger partial charge in [-0.15, -0.1) is 0 Å². The molecule has 162 valence electrons. The number of alkyl halides is 2. The Hall–Kier alpha value is -2.52. The molecule has 0 atom stereocenters. The third kappa shape index (κ3) is 5.76. The number of rotatable bonds is 8. The lowest BCUT2D eigenvalue weighted by Gasteiger charge is -2.25. The zero-order valence-corrected chi connectivity index (χ0v) is 17.2. The smallest absolute Gasteiger partial charge is 0.387 e. The van der Waals surface area contributed by atoms with Crippen molar-refractivity contribution in [3.05, 3.63) is 54.1 Å². The number of hydrogen-bond acceptors (Lipinski definition) is 4. The van der Waals surface area contributed by atoms with Gasteiger partial charge >= 0.3 is 6.61 Å². The lowest BCUT2D eigenvalue weighted by atomic mass is 10.1. The molecule has 0 saturated carbocycles. The lowest BCUT2D eigenvalue weighted by Crippen LogP contribution is -2.35. The first kappa shape index (κ1) is 22.2. The molecule has 3 rings (SSSR count). The number of carbonyl (C=O) groups excluding carboxylic acids is 1. The molecule has 0 unspecified atom stereocenters. The second-order valence-electron chi connectivity index (χ2n) is 7.03. The van der Waals surface area contributed by atoms with Crippen molar-refractivity contribution in [1.82, 2.24) is 4.31 Å². The second kappa shape index (κ2) is 9.99. The van der Waals surface area contributed by atoms with Crippen LogP contribution in [0.4, 0.5) is 14.5 Å². The molecule has 9 heteroatoms. The van der Waals surface area contributed by atoms with Gasteiger partial charge in [0.15, 0.2) is 0 Å². The molecule has 1 heterocycles. The Balaban J connectivity index is 1.57. The molecular weight excluding hydrogens is 414 g/mol. The lowest BCUT2D eigenvalue weighted by molar-refractivity contribution is -0.116. The fourth-order valence-electron chi connectivity index (χ4n) is 3.32. The summed E-state index contributed by atoms with van der Waals surface area (Å²) in [5.74, 6) is -0.460. The summed E-state index contributed by atoms with van der Waals surface area (Å²) in [5.41, 5.74) is 0.977. The van der Waals surface area contributed by atoms with E-state index in [2.05, 4.69) is 10.1 Å². The molecule has 2 aromatic carbocycles. The molecular formula is C21H24F2N2O4S. The van der Waals surface area contributed by atoms with Crippen LogP contribution in [0.5, 0.6) is 5.75 Å². The highest BCUT2D eigenvalue weighted by Gasteiger charge is 2.25. The van der Waals surface area contributed by atoms with Gasteiger partial charge in [0.2, 0.25) is 15.9 Å². The van der Waals surface area contributed by atoms with E-state index in [4.69, 9.17) is 0 Å². The predicted molar refractivity (Wildman–Crippen MR) is 109 cm³/mol. The number of piperidine rings is 1. The van der Waals surface area contributed by atoms with Crippen LogP contribution in [0, 0.1) is 0 Å². The largest absolute Gasteiger partial charge is 0.433 e. The average molecular weight is 438 g/mol. The van der Waals surface area contributed by atoms with Gasteiger partial charge in [-0.05, 0) is 49.1 Å². The first-order valence-corrected chi connectivity index (χ1v) is 11.2. The van der Waals surface area contributed by atoms with Crippen LogP contribution in [0.3, 0.4) is 0 Å². The predicted octanol–water partition coefficient (Wildman–Crippen LogP) is 4.03. The molecule has 0 aromatic heterocycles. The normalized spacial score (nSPS) is 15.2. The highest BCUT2D eigenvalue weighted by atomic mass is 32.2. The van der Waals surface area contributed by atoms with Crippen molar-refractivity contribution in [3.63, 3.8) is 0 Å². The molecule has 1 aliphatic heterocycles. The third-order valence-electron chi connectivity index (χ3n) is 4.89. The topological polar surface area (TPSA) is 75.7 Å². The summed E-state index contributed by atoms with van der Waals surface area (Å²) < 4.78 is 56.2. The van der Waals surface area contributed by atoms with E-state index >= 15 is 0 Å². The van der Waals surface area contributed by atoms with Crippen LogP contribution in [-0.2, 0) is 21.2 Å². The minimum Gasteiger partial charge on any atom is -0.433 e. The molecule has 30 heavy (non-hydrogen) atoms. The number of amides is 1. The fraction of sp³-hybridized carbons (Fsp3) is 0.381. The van der Waals surface area contributed by atoms with Crippen molar-refractivity contribution in [1.29, 1.82) is 0 Å². The summed E-state index contributed by atoms with van der Waals surface area (Å²) >= 11 is 0. The highest BCUT2D eigenvalue weighted by molar-refractivity contribution is 7.89. The Morgan fingerprint density at radius 3 is 2.37 bits per heavy atom. The number of nitrogens with zero attached hydrogens (tertiary/aromatic N) is 1. The molecule has 1 aliphatic rings. The Bertz CT molecular complexity index is 959. The first-order valence-electron chi connectivity index (χ1n) is 9.79. The number of ether oxygens (including phenoxy) is 1. The zero-order valence-electron chi connectivity index (χ0n) is 16.4. The van der Waals surface area contributed by atoms with E-state index in [1.165, 1.54) is 22.5 Å². The molecule has 1 saturated heterocycles. The van der Waals surface area contributed by atoms with Gasteiger partial charge in [-0.1, -0.05) is 30.7 Å². The maximum Gasteiger partial charge on any atom is 0.387 e. The SMILES string of the molecule is O=C(CCc1ccc(S(=O)(=O)N2CCCCC2)cc1)Nc1ccccc1OC(F)F. The van der Waals surface area contributed by atoms with Crippen LogP contribution in [0.1, 0.15) is 31.2 Å². The summed E-state index contributed by atoms with van der Waals surface area (Å²) in [6.45, 7) is -1.90. The first-order chi connectivity index (χ1) is 14.4. The van der Waals surface area contributed by atoms with Gasteiger partial charge in [0, 0.05) is 19.5 Å². The zero-order chi connectivity index (χ0) is 21.6. The van der Waals surface area contributed by atoms with E-state index in [0.29, 0.717) is 19.5 Å². The van der Waals surface area contributed by atoms with Gasteiger partial charge in [-0.25, -0.2) is 8.42 Å². The maximum atomic E-state index is 12.7. The average Bonchev–Trinajstić information content (AvgIpc) is 2.74. The Morgan fingerprint density at radius 1 is 1.03 bits per heavy atom. The van der Waals surface area contributed by atoms with Gasteiger partial charge in [0.1, 0.15) is 5.75 Å². The molecule has 1 N–H and O–H groups in total. The van der Waals surface area contributed by atoms with Crippen molar-refractivity contribution in [3.8, 4) is 5.75 Å². The fourth-order valence-corrected chi connectivity index (χ4v) is 4.84. The summed E-state index contributed by atoms with van der Waals surface area (Å²) in [4.78, 5) is 12.4. The summed E-state index contributed by atoms with van der Waals surface area (Å²) in [5, 5.41) is 2.56. The van der Waals surface area contributed by atoms with Crippen molar-refractivity contribution in [2.24, 2.45) is 0 Å².